The Morgan fingerprint density at radius 2 is 1.92 bits per heavy atom. The SMILES string of the molecule is CCCOSc1ccc(C(=O)NCCCN2CCN(C)CC2)cc1. The van der Waals surface area contributed by atoms with Crippen molar-refractivity contribution in [2.75, 3.05) is 52.9 Å². The van der Waals surface area contributed by atoms with E-state index in [2.05, 4.69) is 29.1 Å². The average Bonchev–Trinajstić information content (AvgIpc) is 2.61. The molecule has 6 heteroatoms. The standard InChI is InChI=1S/C18H29N3O2S/c1-3-15-23-24-17-7-5-16(6-8-17)18(22)19-9-4-10-21-13-11-20(2)12-14-21/h5-8H,3-4,9-15H2,1-2H3,(H,19,22). The lowest BCUT2D eigenvalue weighted by Gasteiger charge is -2.32. The van der Waals surface area contributed by atoms with Crippen molar-refractivity contribution in [1.82, 2.24) is 15.1 Å². The van der Waals surface area contributed by atoms with Gasteiger partial charge in [-0.05, 0) is 50.7 Å². The molecule has 0 aromatic heterocycles. The van der Waals surface area contributed by atoms with E-state index in [-0.39, 0.29) is 5.91 Å². The van der Waals surface area contributed by atoms with E-state index in [0.717, 1.165) is 63.6 Å². The van der Waals surface area contributed by atoms with E-state index in [0.29, 0.717) is 5.56 Å². The fourth-order valence-electron chi connectivity index (χ4n) is 2.53. The van der Waals surface area contributed by atoms with E-state index in [1.807, 2.05) is 24.3 Å². The molecule has 0 radical (unpaired) electrons. The maximum Gasteiger partial charge on any atom is 0.251 e. The summed E-state index contributed by atoms with van der Waals surface area (Å²) in [5.74, 6) is -0.000552. The molecule has 24 heavy (non-hydrogen) atoms. The normalized spacial score (nSPS) is 16.2. The Bertz CT molecular complexity index is 488. The Kier molecular flexibility index (Phi) is 8.59. The molecule has 1 heterocycles. The van der Waals surface area contributed by atoms with Crippen molar-refractivity contribution < 1.29 is 8.98 Å². The van der Waals surface area contributed by atoms with E-state index in [1.54, 1.807) is 0 Å². The Balaban J connectivity index is 1.63. The van der Waals surface area contributed by atoms with Gasteiger partial charge in [0.05, 0.1) is 6.61 Å². The molecular formula is C18H29N3O2S. The molecular weight excluding hydrogens is 322 g/mol. The minimum atomic E-state index is -0.000552. The molecule has 1 fully saturated rings. The van der Waals surface area contributed by atoms with Crippen molar-refractivity contribution in [2.45, 2.75) is 24.7 Å². The van der Waals surface area contributed by atoms with Crippen LogP contribution in [0.25, 0.3) is 0 Å². The van der Waals surface area contributed by atoms with E-state index in [9.17, 15) is 4.79 Å². The first-order valence-corrected chi connectivity index (χ1v) is 9.52. The molecule has 0 saturated carbocycles. The van der Waals surface area contributed by atoms with Crippen LogP contribution in [0.3, 0.4) is 0 Å². The van der Waals surface area contributed by atoms with Crippen LogP contribution in [0.5, 0.6) is 0 Å². The molecule has 1 aliphatic heterocycles. The lowest BCUT2D eigenvalue weighted by molar-refractivity contribution is 0.0949. The van der Waals surface area contributed by atoms with Gasteiger partial charge in [0.15, 0.2) is 0 Å². The number of rotatable bonds is 9. The molecule has 0 aliphatic carbocycles. The third-order valence-electron chi connectivity index (χ3n) is 4.09. The third-order valence-corrected chi connectivity index (χ3v) is 4.84. The van der Waals surface area contributed by atoms with Gasteiger partial charge in [-0.3, -0.25) is 4.79 Å². The highest BCUT2D eigenvalue weighted by molar-refractivity contribution is 7.94. The molecule has 1 aromatic carbocycles. The van der Waals surface area contributed by atoms with E-state index >= 15 is 0 Å². The van der Waals surface area contributed by atoms with Crippen LogP contribution in [0.4, 0.5) is 0 Å². The highest BCUT2D eigenvalue weighted by Gasteiger charge is 2.13. The Hall–Kier alpha value is -1.08. The first-order valence-electron chi connectivity index (χ1n) is 8.77. The lowest BCUT2D eigenvalue weighted by Crippen LogP contribution is -2.45. The van der Waals surface area contributed by atoms with Gasteiger partial charge in [0.2, 0.25) is 0 Å². The highest BCUT2D eigenvalue weighted by Crippen LogP contribution is 2.19. The van der Waals surface area contributed by atoms with E-state index in [4.69, 9.17) is 4.18 Å². The molecule has 0 unspecified atom stereocenters. The van der Waals surface area contributed by atoms with Crippen LogP contribution in [0.2, 0.25) is 0 Å². The summed E-state index contributed by atoms with van der Waals surface area (Å²) < 4.78 is 5.42. The largest absolute Gasteiger partial charge is 0.352 e. The fourth-order valence-corrected chi connectivity index (χ4v) is 3.17. The lowest BCUT2D eigenvalue weighted by atomic mass is 10.2. The minimum absolute atomic E-state index is 0.000552. The number of hydrogen-bond acceptors (Lipinski definition) is 5. The Morgan fingerprint density at radius 3 is 2.58 bits per heavy atom. The van der Waals surface area contributed by atoms with Crippen molar-refractivity contribution in [2.24, 2.45) is 0 Å². The second-order valence-corrected chi connectivity index (χ2v) is 7.06. The summed E-state index contributed by atoms with van der Waals surface area (Å²) in [7, 11) is 2.16. The molecule has 0 bridgehead atoms. The molecule has 1 aliphatic rings. The molecule has 1 aromatic rings. The van der Waals surface area contributed by atoms with Crippen LogP contribution in [0.15, 0.2) is 29.2 Å². The van der Waals surface area contributed by atoms with Gasteiger partial charge in [-0.25, -0.2) is 0 Å². The number of benzene rings is 1. The molecule has 1 amide bonds. The van der Waals surface area contributed by atoms with Crippen LogP contribution < -0.4 is 5.32 Å². The smallest absolute Gasteiger partial charge is 0.251 e. The summed E-state index contributed by atoms with van der Waals surface area (Å²) >= 11 is 1.36. The van der Waals surface area contributed by atoms with Gasteiger partial charge in [0.25, 0.3) is 5.91 Å². The van der Waals surface area contributed by atoms with Gasteiger partial charge in [-0.15, -0.1) is 0 Å². The van der Waals surface area contributed by atoms with Crippen molar-refractivity contribution in [3.05, 3.63) is 29.8 Å². The fraction of sp³-hybridized carbons (Fsp3) is 0.611. The van der Waals surface area contributed by atoms with Gasteiger partial charge in [0, 0.05) is 55.2 Å². The molecule has 5 nitrogen and oxygen atoms in total. The number of nitrogens with zero attached hydrogens (tertiary/aromatic N) is 2. The molecule has 0 spiro atoms. The highest BCUT2D eigenvalue weighted by atomic mass is 32.2. The Labute approximate surface area is 149 Å². The third kappa shape index (κ3) is 6.81. The monoisotopic (exact) mass is 351 g/mol. The van der Waals surface area contributed by atoms with Crippen LogP contribution in [-0.4, -0.2) is 68.6 Å². The molecule has 1 saturated heterocycles. The molecule has 0 atom stereocenters. The zero-order chi connectivity index (χ0) is 17.2. The summed E-state index contributed by atoms with van der Waals surface area (Å²) in [6.07, 6.45) is 2.00. The summed E-state index contributed by atoms with van der Waals surface area (Å²) in [6.45, 7) is 9.13. The predicted octanol–water partition coefficient (Wildman–Crippen LogP) is 2.49. The number of likely N-dealkylation sites (N-methyl/N-ethyl adjacent to an activating group) is 1. The van der Waals surface area contributed by atoms with Gasteiger partial charge < -0.3 is 19.3 Å². The maximum atomic E-state index is 12.1. The van der Waals surface area contributed by atoms with E-state index in [1.165, 1.54) is 12.0 Å². The van der Waals surface area contributed by atoms with Gasteiger partial charge in [-0.2, -0.15) is 0 Å². The summed E-state index contributed by atoms with van der Waals surface area (Å²) in [4.78, 5) is 18.0. The van der Waals surface area contributed by atoms with E-state index < -0.39 is 0 Å². The first-order chi connectivity index (χ1) is 11.7. The second kappa shape index (κ2) is 10.7. The van der Waals surface area contributed by atoms with Crippen molar-refractivity contribution in [1.29, 1.82) is 0 Å². The quantitative estimate of drug-likeness (QED) is 0.547. The zero-order valence-electron chi connectivity index (χ0n) is 14.8. The molecule has 1 N–H and O–H groups in total. The van der Waals surface area contributed by atoms with Crippen LogP contribution in [0.1, 0.15) is 30.1 Å². The summed E-state index contributed by atoms with van der Waals surface area (Å²) in [6, 6.07) is 7.57. The first kappa shape index (κ1) is 19.2. The van der Waals surface area contributed by atoms with Crippen LogP contribution >= 0.6 is 12.0 Å². The van der Waals surface area contributed by atoms with Crippen LogP contribution in [0, 0.1) is 0 Å². The number of hydrogen-bond donors (Lipinski definition) is 1. The van der Waals surface area contributed by atoms with Crippen molar-refractivity contribution in [3.8, 4) is 0 Å². The molecule has 134 valence electrons. The molecule has 2 rings (SSSR count). The summed E-state index contributed by atoms with van der Waals surface area (Å²) in [5, 5.41) is 3.01. The number of amides is 1. The predicted molar refractivity (Wildman–Crippen MR) is 99.4 cm³/mol. The minimum Gasteiger partial charge on any atom is -0.352 e. The van der Waals surface area contributed by atoms with Gasteiger partial charge in [0.1, 0.15) is 0 Å². The summed E-state index contributed by atoms with van der Waals surface area (Å²) in [5.41, 5.74) is 0.703. The van der Waals surface area contributed by atoms with Gasteiger partial charge >= 0.3 is 0 Å². The maximum absolute atomic E-state index is 12.1. The Morgan fingerprint density at radius 1 is 1.21 bits per heavy atom. The van der Waals surface area contributed by atoms with Crippen molar-refractivity contribution in [3.63, 3.8) is 0 Å². The average molecular weight is 352 g/mol. The zero-order valence-corrected chi connectivity index (χ0v) is 15.6. The topological polar surface area (TPSA) is 44.8 Å². The number of carbonyl (C=O) groups is 1. The number of piperazine rings is 1. The number of nitrogens with one attached hydrogen (secondary N) is 1. The van der Waals surface area contributed by atoms with Crippen molar-refractivity contribution >= 4 is 17.9 Å². The van der Waals surface area contributed by atoms with Gasteiger partial charge in [-0.1, -0.05) is 6.92 Å². The van der Waals surface area contributed by atoms with Crippen LogP contribution in [-0.2, 0) is 4.18 Å². The number of carbonyl (C=O) groups excluding carboxylic acids is 1. The second-order valence-electron chi connectivity index (χ2n) is 6.18.